The highest BCUT2D eigenvalue weighted by Crippen LogP contribution is 2.18. The molecule has 1 saturated heterocycles. The second-order valence-corrected chi connectivity index (χ2v) is 5.83. The van der Waals surface area contributed by atoms with E-state index in [-0.39, 0.29) is 35.9 Å². The average Bonchev–Trinajstić information content (AvgIpc) is 3.01. The number of rotatable bonds is 6. The zero-order chi connectivity index (χ0) is 17.4. The first kappa shape index (κ1) is 21.7. The van der Waals surface area contributed by atoms with Gasteiger partial charge >= 0.3 is 5.97 Å². The van der Waals surface area contributed by atoms with Crippen LogP contribution < -0.4 is 5.32 Å². The molecule has 9 heteroatoms. The average molecular weight is 465 g/mol. The molecular weight excluding hydrogens is 437 g/mol. The molecule has 0 aromatic carbocycles. The van der Waals surface area contributed by atoms with E-state index in [9.17, 15) is 4.79 Å². The van der Waals surface area contributed by atoms with Gasteiger partial charge in [0.15, 0.2) is 11.8 Å². The fourth-order valence-electron chi connectivity index (χ4n) is 2.80. The fourth-order valence-corrected chi connectivity index (χ4v) is 2.80. The molecule has 2 rings (SSSR count). The maximum atomic E-state index is 11.8. The molecule has 0 atom stereocenters. The Kier molecular flexibility index (Phi) is 9.76. The van der Waals surface area contributed by atoms with Gasteiger partial charge in [0.2, 0.25) is 5.89 Å². The van der Waals surface area contributed by atoms with E-state index in [2.05, 4.69) is 25.3 Å². The Bertz CT molecular complexity index is 556. The van der Waals surface area contributed by atoms with Crippen LogP contribution in [0.5, 0.6) is 0 Å². The van der Waals surface area contributed by atoms with Gasteiger partial charge in [-0.1, -0.05) is 5.16 Å². The van der Waals surface area contributed by atoms with Crippen molar-refractivity contribution in [1.82, 2.24) is 20.4 Å². The maximum Gasteiger partial charge on any atom is 0.309 e. The quantitative estimate of drug-likeness (QED) is 0.225. The molecule has 1 aromatic heterocycles. The number of nitrogens with one attached hydrogen (secondary N) is 1. The molecule has 0 bridgehead atoms. The Morgan fingerprint density at radius 3 is 2.72 bits per heavy atom. The molecule has 0 spiro atoms. The predicted octanol–water partition coefficient (Wildman–Crippen LogP) is 1.78. The summed E-state index contributed by atoms with van der Waals surface area (Å²) < 4.78 is 10.2. The number of piperidine rings is 1. The van der Waals surface area contributed by atoms with Gasteiger partial charge in [-0.25, -0.2) is 0 Å². The number of carbonyl (C=O) groups is 1. The molecule has 1 N–H and O–H groups in total. The number of aliphatic imine (C=N–C) groups is 1. The minimum absolute atomic E-state index is 0. The van der Waals surface area contributed by atoms with Crippen molar-refractivity contribution in [2.24, 2.45) is 10.9 Å². The molecule has 1 aliphatic heterocycles. The Balaban J connectivity index is 0.00000312. The SMILES string of the molecule is CCOC(=O)C1CCN(C(=NC)NCCCc2nc(C)no2)CC1.I. The molecule has 0 amide bonds. The number of esters is 1. The molecule has 0 radical (unpaired) electrons. The summed E-state index contributed by atoms with van der Waals surface area (Å²) in [7, 11) is 1.78. The minimum Gasteiger partial charge on any atom is -0.466 e. The van der Waals surface area contributed by atoms with Crippen LogP contribution in [-0.4, -0.2) is 60.3 Å². The van der Waals surface area contributed by atoms with Crippen LogP contribution in [-0.2, 0) is 16.0 Å². The lowest BCUT2D eigenvalue weighted by atomic mass is 9.97. The van der Waals surface area contributed by atoms with Crippen molar-refractivity contribution in [1.29, 1.82) is 0 Å². The molecule has 1 fully saturated rings. The minimum atomic E-state index is -0.0741. The van der Waals surface area contributed by atoms with Gasteiger partial charge in [0.1, 0.15) is 0 Å². The molecule has 1 aliphatic rings. The lowest BCUT2D eigenvalue weighted by molar-refractivity contribution is -0.149. The third kappa shape index (κ3) is 6.79. The Morgan fingerprint density at radius 2 is 2.16 bits per heavy atom. The molecular formula is C16H28IN5O3. The van der Waals surface area contributed by atoms with Gasteiger partial charge in [-0.05, 0) is 33.1 Å². The molecule has 2 heterocycles. The summed E-state index contributed by atoms with van der Waals surface area (Å²) in [5, 5.41) is 7.13. The summed E-state index contributed by atoms with van der Waals surface area (Å²) in [5.41, 5.74) is 0. The number of carbonyl (C=O) groups excluding carboxylic acids is 1. The maximum absolute atomic E-state index is 11.8. The number of halogens is 1. The number of aryl methyl sites for hydroxylation is 2. The first-order valence-corrected chi connectivity index (χ1v) is 8.55. The summed E-state index contributed by atoms with van der Waals surface area (Å²) in [4.78, 5) is 22.5. The predicted molar refractivity (Wildman–Crippen MR) is 105 cm³/mol. The number of aromatic nitrogens is 2. The fraction of sp³-hybridized carbons (Fsp3) is 0.750. The number of ether oxygens (including phenoxy) is 1. The Labute approximate surface area is 165 Å². The summed E-state index contributed by atoms with van der Waals surface area (Å²) >= 11 is 0. The Morgan fingerprint density at radius 1 is 1.44 bits per heavy atom. The summed E-state index contributed by atoms with van der Waals surface area (Å²) in [6.45, 7) is 6.51. The number of nitrogens with zero attached hydrogens (tertiary/aromatic N) is 4. The number of likely N-dealkylation sites (tertiary alicyclic amines) is 1. The van der Waals surface area contributed by atoms with Crippen LogP contribution in [0.2, 0.25) is 0 Å². The highest BCUT2D eigenvalue weighted by Gasteiger charge is 2.27. The van der Waals surface area contributed by atoms with Crippen LogP contribution in [0.1, 0.15) is 37.9 Å². The van der Waals surface area contributed by atoms with E-state index < -0.39 is 0 Å². The van der Waals surface area contributed by atoms with E-state index >= 15 is 0 Å². The van der Waals surface area contributed by atoms with Gasteiger partial charge in [-0.15, -0.1) is 24.0 Å². The summed E-state index contributed by atoms with van der Waals surface area (Å²) in [5.74, 6) is 2.15. The van der Waals surface area contributed by atoms with E-state index in [1.807, 2.05) is 13.8 Å². The third-order valence-electron chi connectivity index (χ3n) is 4.05. The van der Waals surface area contributed by atoms with E-state index in [1.165, 1.54) is 0 Å². The van der Waals surface area contributed by atoms with Crippen LogP contribution >= 0.6 is 24.0 Å². The summed E-state index contributed by atoms with van der Waals surface area (Å²) in [6, 6.07) is 0. The van der Waals surface area contributed by atoms with Crippen molar-refractivity contribution in [3.05, 3.63) is 11.7 Å². The Hall–Kier alpha value is -1.39. The molecule has 0 saturated carbocycles. The van der Waals surface area contributed by atoms with Crippen molar-refractivity contribution in [3.8, 4) is 0 Å². The zero-order valence-electron chi connectivity index (χ0n) is 15.2. The first-order valence-electron chi connectivity index (χ1n) is 8.55. The van der Waals surface area contributed by atoms with Crippen molar-refractivity contribution in [3.63, 3.8) is 0 Å². The highest BCUT2D eigenvalue weighted by molar-refractivity contribution is 14.0. The lowest BCUT2D eigenvalue weighted by Crippen LogP contribution is -2.47. The molecule has 8 nitrogen and oxygen atoms in total. The second kappa shape index (κ2) is 11.3. The number of hydrogen-bond donors (Lipinski definition) is 1. The van der Waals surface area contributed by atoms with Gasteiger partial charge in [0.25, 0.3) is 0 Å². The number of hydrogen-bond acceptors (Lipinski definition) is 6. The lowest BCUT2D eigenvalue weighted by Gasteiger charge is -2.33. The highest BCUT2D eigenvalue weighted by atomic mass is 127. The first-order chi connectivity index (χ1) is 11.6. The molecule has 1 aromatic rings. The summed E-state index contributed by atoms with van der Waals surface area (Å²) in [6.07, 6.45) is 3.25. The zero-order valence-corrected chi connectivity index (χ0v) is 17.5. The van der Waals surface area contributed by atoms with Gasteiger partial charge in [-0.3, -0.25) is 9.79 Å². The molecule has 142 valence electrons. The van der Waals surface area contributed by atoms with Gasteiger partial charge in [0.05, 0.1) is 12.5 Å². The number of guanidine groups is 1. The van der Waals surface area contributed by atoms with Crippen LogP contribution in [0.3, 0.4) is 0 Å². The van der Waals surface area contributed by atoms with Gasteiger partial charge in [0, 0.05) is 33.1 Å². The van der Waals surface area contributed by atoms with Crippen LogP contribution in [0, 0.1) is 12.8 Å². The van der Waals surface area contributed by atoms with Crippen molar-refractivity contribution >= 4 is 35.9 Å². The molecule has 0 unspecified atom stereocenters. The van der Waals surface area contributed by atoms with E-state index in [0.29, 0.717) is 18.3 Å². The van der Waals surface area contributed by atoms with Gasteiger partial charge in [-0.2, -0.15) is 4.98 Å². The molecule has 0 aliphatic carbocycles. The second-order valence-electron chi connectivity index (χ2n) is 5.83. The molecule has 25 heavy (non-hydrogen) atoms. The van der Waals surface area contributed by atoms with Gasteiger partial charge < -0.3 is 19.5 Å². The van der Waals surface area contributed by atoms with Crippen molar-refractivity contribution in [2.45, 2.75) is 39.5 Å². The van der Waals surface area contributed by atoms with Crippen molar-refractivity contribution < 1.29 is 14.1 Å². The topological polar surface area (TPSA) is 92.8 Å². The van der Waals surface area contributed by atoms with Crippen LogP contribution in [0.25, 0.3) is 0 Å². The smallest absolute Gasteiger partial charge is 0.309 e. The monoisotopic (exact) mass is 465 g/mol. The van der Waals surface area contributed by atoms with Crippen LogP contribution in [0.15, 0.2) is 9.52 Å². The van der Waals surface area contributed by atoms with Crippen molar-refractivity contribution in [2.75, 3.05) is 33.3 Å². The van der Waals surface area contributed by atoms with E-state index in [0.717, 1.165) is 51.3 Å². The third-order valence-corrected chi connectivity index (χ3v) is 4.05. The van der Waals surface area contributed by atoms with E-state index in [1.54, 1.807) is 7.05 Å². The standard InChI is InChI=1S/C16H27N5O3.HI/c1-4-23-15(22)13-7-10-21(11-8-13)16(17-3)18-9-5-6-14-19-12(2)20-24-14;/h13H,4-11H2,1-3H3,(H,17,18);1H. The normalized spacial score (nSPS) is 15.6. The van der Waals surface area contributed by atoms with E-state index in [4.69, 9.17) is 9.26 Å². The largest absolute Gasteiger partial charge is 0.466 e. The van der Waals surface area contributed by atoms with Crippen LogP contribution in [0.4, 0.5) is 0 Å².